The Bertz CT molecular complexity index is 1690. The second kappa shape index (κ2) is 8.82. The fourth-order valence-corrected chi connectivity index (χ4v) is 8.24. The average Bonchev–Trinajstić information content (AvgIpc) is 3.48. The molecule has 2 N–H and O–H groups in total. The van der Waals surface area contributed by atoms with Gasteiger partial charge in [0.15, 0.2) is 16.1 Å². The first-order valence-electron chi connectivity index (χ1n) is 12.9. The summed E-state index contributed by atoms with van der Waals surface area (Å²) >= 11 is 11.5. The zero-order chi connectivity index (χ0) is 27.1. The minimum Gasteiger partial charge on any atom is -0.597 e. The van der Waals surface area contributed by atoms with Crippen LogP contribution >= 0.6 is 23.2 Å². The van der Waals surface area contributed by atoms with Crippen LogP contribution in [0, 0.1) is 16.7 Å². The highest BCUT2D eigenvalue weighted by molar-refractivity contribution is 7.90. The van der Waals surface area contributed by atoms with Gasteiger partial charge in [0.1, 0.15) is 11.8 Å². The molecule has 4 heterocycles. The second-order valence-electron chi connectivity index (χ2n) is 11.1. The van der Waals surface area contributed by atoms with Gasteiger partial charge in [0.25, 0.3) is 0 Å². The Balaban J connectivity index is 1.20. The van der Waals surface area contributed by atoms with Crippen molar-refractivity contribution >= 4 is 51.5 Å². The number of nitriles is 1. The van der Waals surface area contributed by atoms with Crippen molar-refractivity contribution in [1.82, 2.24) is 24.9 Å². The number of hydrogen-bond acceptors (Lipinski definition) is 7. The van der Waals surface area contributed by atoms with Gasteiger partial charge in [0.05, 0.1) is 21.5 Å². The summed E-state index contributed by atoms with van der Waals surface area (Å²) in [5, 5.41) is 18.7. The van der Waals surface area contributed by atoms with Gasteiger partial charge < -0.3 is 9.45 Å². The molecule has 2 aliphatic heterocycles. The Morgan fingerprint density at radius 1 is 1.13 bits per heavy atom. The number of aromatic nitrogens is 4. The van der Waals surface area contributed by atoms with E-state index in [0.29, 0.717) is 38.3 Å². The number of H-pyrrole nitrogens is 1. The maximum absolute atomic E-state index is 13.2. The molecule has 0 amide bonds. The van der Waals surface area contributed by atoms with Crippen molar-refractivity contribution in [2.75, 3.05) is 18.0 Å². The Labute approximate surface area is 239 Å². The van der Waals surface area contributed by atoms with E-state index in [9.17, 15) is 9.81 Å². The zero-order valence-electron chi connectivity index (χ0n) is 21.4. The van der Waals surface area contributed by atoms with Crippen LogP contribution in [0.25, 0.3) is 22.3 Å². The second-order valence-corrected chi connectivity index (χ2v) is 13.7. The van der Waals surface area contributed by atoms with Crippen LogP contribution in [-0.4, -0.2) is 37.8 Å². The van der Waals surface area contributed by atoms with E-state index in [1.165, 1.54) is 16.7 Å². The van der Waals surface area contributed by atoms with Crippen LogP contribution in [0.4, 0.5) is 5.95 Å². The normalized spacial score (nSPS) is 22.7. The summed E-state index contributed by atoms with van der Waals surface area (Å²) in [6.07, 6.45) is 2.75. The topological polar surface area (TPSA) is 117 Å². The van der Waals surface area contributed by atoms with Gasteiger partial charge >= 0.3 is 0 Å². The molecule has 0 bridgehead atoms. The van der Waals surface area contributed by atoms with Crippen LogP contribution in [0.15, 0.2) is 36.4 Å². The molecule has 1 aliphatic carbocycles. The lowest BCUT2D eigenvalue weighted by atomic mass is 9.72. The molecule has 11 heteroatoms. The minimum atomic E-state index is -1.17. The quantitative estimate of drug-likeness (QED) is 0.298. The number of benzene rings is 2. The van der Waals surface area contributed by atoms with Crippen LogP contribution < -0.4 is 9.62 Å². The molecule has 3 aliphatic rings. The lowest BCUT2D eigenvalue weighted by molar-refractivity contribution is 0.173. The highest BCUT2D eigenvalue weighted by Crippen LogP contribution is 2.57. The van der Waals surface area contributed by atoms with Crippen molar-refractivity contribution in [2.24, 2.45) is 5.41 Å². The summed E-state index contributed by atoms with van der Waals surface area (Å²) in [5.41, 5.74) is 5.70. The molecule has 7 rings (SSSR count). The monoisotopic (exact) mass is 577 g/mol. The first kappa shape index (κ1) is 25.1. The fraction of sp³-hybridized carbons (Fsp3) is 0.357. The van der Waals surface area contributed by atoms with Gasteiger partial charge in [0, 0.05) is 41.0 Å². The molecule has 1 spiro atoms. The number of aromatic amines is 1. The van der Waals surface area contributed by atoms with Gasteiger partial charge in [-0.05, 0) is 50.3 Å². The van der Waals surface area contributed by atoms with E-state index in [2.05, 4.69) is 62.9 Å². The molecule has 0 radical (unpaired) electrons. The van der Waals surface area contributed by atoms with Crippen molar-refractivity contribution in [2.45, 2.75) is 43.9 Å². The summed E-state index contributed by atoms with van der Waals surface area (Å²) < 4.78 is 16.3. The number of nitrogens with one attached hydrogen (secondary N) is 2. The third kappa shape index (κ3) is 3.63. The maximum atomic E-state index is 13.2. The first-order valence-corrected chi connectivity index (χ1v) is 14.8. The Kier molecular flexibility index (Phi) is 5.68. The van der Waals surface area contributed by atoms with E-state index in [1.54, 1.807) is 18.2 Å². The molecule has 0 unspecified atom stereocenters. The van der Waals surface area contributed by atoms with Gasteiger partial charge in [-0.2, -0.15) is 15.3 Å². The summed E-state index contributed by atoms with van der Waals surface area (Å²) in [6, 6.07) is 14.1. The first-order chi connectivity index (χ1) is 18.7. The van der Waals surface area contributed by atoms with E-state index in [0.717, 1.165) is 32.4 Å². The molecule has 198 valence electrons. The smallest absolute Gasteiger partial charge is 0.228 e. The van der Waals surface area contributed by atoms with Crippen LogP contribution in [-0.2, 0) is 22.5 Å². The van der Waals surface area contributed by atoms with Gasteiger partial charge in [-0.15, -0.1) is 4.72 Å². The van der Waals surface area contributed by atoms with Crippen molar-refractivity contribution < 1.29 is 4.55 Å². The van der Waals surface area contributed by atoms with Crippen molar-refractivity contribution in [3.63, 3.8) is 0 Å². The predicted molar refractivity (Wildman–Crippen MR) is 153 cm³/mol. The van der Waals surface area contributed by atoms with Crippen molar-refractivity contribution in [3.8, 4) is 17.3 Å². The summed E-state index contributed by atoms with van der Waals surface area (Å²) in [6.45, 7) is 5.57. The van der Waals surface area contributed by atoms with Crippen LogP contribution in [0.5, 0.6) is 0 Å². The van der Waals surface area contributed by atoms with E-state index in [4.69, 9.17) is 28.2 Å². The lowest BCUT2D eigenvalue weighted by Crippen LogP contribution is -2.53. The van der Waals surface area contributed by atoms with Crippen molar-refractivity contribution in [3.05, 3.63) is 68.8 Å². The number of fused-ring (bicyclic) bond motifs is 2. The fourth-order valence-electron chi connectivity index (χ4n) is 6.60. The molecular formula is C28H25Cl2N7OS. The molecule has 4 aromatic rings. The minimum absolute atomic E-state index is 0.0201. The molecule has 2 aromatic carbocycles. The lowest BCUT2D eigenvalue weighted by Gasteiger charge is -2.46. The Hall–Kier alpha value is -2.87. The molecule has 2 atom stereocenters. The third-order valence-electron chi connectivity index (χ3n) is 8.74. The Morgan fingerprint density at radius 3 is 2.67 bits per heavy atom. The molecule has 2 aromatic heterocycles. The van der Waals surface area contributed by atoms with Crippen LogP contribution in [0.1, 0.15) is 55.1 Å². The molecule has 39 heavy (non-hydrogen) atoms. The average molecular weight is 579 g/mol. The number of anilines is 1. The Morgan fingerprint density at radius 2 is 1.90 bits per heavy atom. The molecular weight excluding hydrogens is 553 g/mol. The number of rotatable bonds is 2. The van der Waals surface area contributed by atoms with Gasteiger partial charge in [-0.3, -0.25) is 5.10 Å². The molecule has 0 saturated carbocycles. The highest BCUT2D eigenvalue weighted by Gasteiger charge is 2.56. The summed E-state index contributed by atoms with van der Waals surface area (Å²) in [7, 11) is 0. The predicted octanol–water partition coefficient (Wildman–Crippen LogP) is 5.58. The number of halogens is 2. The number of piperidine rings is 1. The van der Waals surface area contributed by atoms with Crippen LogP contribution in [0.3, 0.4) is 0 Å². The van der Waals surface area contributed by atoms with Crippen molar-refractivity contribution in [1.29, 1.82) is 5.26 Å². The number of nitrogens with zero attached hydrogens (tertiary/aromatic N) is 5. The zero-order valence-corrected chi connectivity index (χ0v) is 23.7. The molecule has 8 nitrogen and oxygen atoms in total. The molecule has 1 saturated heterocycles. The molecule has 1 fully saturated rings. The largest absolute Gasteiger partial charge is 0.597 e. The maximum Gasteiger partial charge on any atom is 0.228 e. The van der Waals surface area contributed by atoms with Gasteiger partial charge in [-0.25, -0.2) is 4.98 Å². The van der Waals surface area contributed by atoms with E-state index < -0.39 is 16.1 Å². The summed E-state index contributed by atoms with van der Waals surface area (Å²) in [4.78, 5) is 11.5. The standard InChI is InChI=1S/C28H25Cl2N7OS/c1-27(2)17-7-3-5-15-13-28(24(20(15)17)36-39(27)38)9-11-37(12-10-28)26-32-19(14-31)21-23(34-35-25(21)33-26)16-6-4-8-18(29)22(16)30/h3-8,24,36H,9-13H2,1-2H3,(H,32,33,34,35)/t24-,39-/m1/s1. The van der Waals surface area contributed by atoms with E-state index >= 15 is 0 Å². The van der Waals surface area contributed by atoms with Gasteiger partial charge in [-0.1, -0.05) is 53.5 Å². The van der Waals surface area contributed by atoms with E-state index in [1.807, 2.05) is 0 Å². The van der Waals surface area contributed by atoms with Gasteiger partial charge in [0.2, 0.25) is 5.95 Å². The van der Waals surface area contributed by atoms with Crippen LogP contribution in [0.2, 0.25) is 10.0 Å². The van der Waals surface area contributed by atoms with E-state index in [-0.39, 0.29) is 17.2 Å². The summed E-state index contributed by atoms with van der Waals surface area (Å²) in [5.74, 6) is 0.499. The SMILES string of the molecule is CC1(C)c2cccc3c2[C@@H](N[S@+]1[O-])C1(CCN(c2nc(C#N)c4c(-c5cccc(Cl)c5Cl)n[nH]c4n2)CC1)C3. The number of hydrogen-bond donors (Lipinski definition) is 2. The third-order valence-corrected chi connectivity index (χ3v) is 11.2. The highest BCUT2D eigenvalue weighted by atomic mass is 35.5.